The van der Waals surface area contributed by atoms with Crippen molar-refractivity contribution in [2.45, 2.75) is 26.4 Å². The summed E-state index contributed by atoms with van der Waals surface area (Å²) in [6, 6.07) is 16.4. The summed E-state index contributed by atoms with van der Waals surface area (Å²) in [7, 11) is 0. The summed E-state index contributed by atoms with van der Waals surface area (Å²) in [6.45, 7) is 4.96. The molecule has 4 N–H and O–H groups in total. The molecule has 0 aliphatic carbocycles. The maximum absolute atomic E-state index is 8.72. The Morgan fingerprint density at radius 3 is 2.71 bits per heavy atom. The molecule has 0 aliphatic rings. The summed E-state index contributed by atoms with van der Waals surface area (Å²) in [5.74, 6) is 0.128. The van der Waals surface area contributed by atoms with Crippen LogP contribution in [-0.2, 0) is 6.54 Å². The van der Waals surface area contributed by atoms with E-state index in [9.17, 15) is 0 Å². The summed E-state index contributed by atoms with van der Waals surface area (Å²) in [4.78, 5) is 0. The molecule has 4 nitrogen and oxygen atoms in total. The predicted octanol–water partition coefficient (Wildman–Crippen LogP) is 2.94. The van der Waals surface area contributed by atoms with Gasteiger partial charge >= 0.3 is 0 Å². The van der Waals surface area contributed by atoms with Crippen molar-refractivity contribution in [3.63, 3.8) is 0 Å². The van der Waals surface area contributed by atoms with Crippen molar-refractivity contribution in [3.05, 3.63) is 70.8 Å². The average Bonchev–Trinajstić information content (AvgIpc) is 2.52. The van der Waals surface area contributed by atoms with Gasteiger partial charge < -0.3 is 16.3 Å². The third kappa shape index (κ3) is 4.07. The molecule has 0 bridgehead atoms. The SMILES string of the molecule is Cc1cccc([C@H](C)NCc2cccc(/C(N)=N/O)c2)c1. The molecule has 0 aliphatic heterocycles. The van der Waals surface area contributed by atoms with Crippen LogP contribution in [0.2, 0.25) is 0 Å². The zero-order valence-electron chi connectivity index (χ0n) is 12.4. The van der Waals surface area contributed by atoms with E-state index in [0.717, 1.165) is 17.7 Å². The van der Waals surface area contributed by atoms with Crippen LogP contribution in [0.5, 0.6) is 0 Å². The predicted molar refractivity (Wildman–Crippen MR) is 85.4 cm³/mol. The van der Waals surface area contributed by atoms with Crippen LogP contribution >= 0.6 is 0 Å². The number of rotatable bonds is 5. The lowest BCUT2D eigenvalue weighted by molar-refractivity contribution is 0.318. The van der Waals surface area contributed by atoms with Gasteiger partial charge in [0.2, 0.25) is 0 Å². The molecule has 0 aromatic heterocycles. The Balaban J connectivity index is 2.03. The quantitative estimate of drug-likeness (QED) is 0.342. The molecule has 21 heavy (non-hydrogen) atoms. The van der Waals surface area contributed by atoms with Crippen LogP contribution < -0.4 is 11.1 Å². The van der Waals surface area contributed by atoms with Crippen LogP contribution in [-0.4, -0.2) is 11.0 Å². The molecule has 0 fully saturated rings. The molecule has 110 valence electrons. The van der Waals surface area contributed by atoms with Crippen LogP contribution in [0.4, 0.5) is 0 Å². The van der Waals surface area contributed by atoms with Gasteiger partial charge in [-0.15, -0.1) is 0 Å². The molecule has 2 rings (SSSR count). The largest absolute Gasteiger partial charge is 0.409 e. The molecule has 0 unspecified atom stereocenters. The van der Waals surface area contributed by atoms with Crippen LogP contribution in [0.15, 0.2) is 53.7 Å². The fraction of sp³-hybridized carbons (Fsp3) is 0.235. The lowest BCUT2D eigenvalue weighted by atomic mass is 10.1. The highest BCUT2D eigenvalue weighted by Gasteiger charge is 2.06. The number of hydrogen-bond acceptors (Lipinski definition) is 3. The fourth-order valence-corrected chi connectivity index (χ4v) is 2.23. The molecule has 0 saturated carbocycles. The van der Waals surface area contributed by atoms with E-state index in [4.69, 9.17) is 10.9 Å². The van der Waals surface area contributed by atoms with E-state index in [0.29, 0.717) is 0 Å². The van der Waals surface area contributed by atoms with E-state index in [1.807, 2.05) is 24.3 Å². The van der Waals surface area contributed by atoms with Gasteiger partial charge in [-0.1, -0.05) is 53.2 Å². The third-order valence-corrected chi connectivity index (χ3v) is 3.48. The molecule has 0 radical (unpaired) electrons. The van der Waals surface area contributed by atoms with Crippen LogP contribution in [0, 0.1) is 6.92 Å². The topological polar surface area (TPSA) is 70.6 Å². The Morgan fingerprint density at radius 2 is 2.00 bits per heavy atom. The van der Waals surface area contributed by atoms with Gasteiger partial charge in [-0.25, -0.2) is 0 Å². The molecular formula is C17H21N3O. The Labute approximate surface area is 125 Å². The van der Waals surface area contributed by atoms with Gasteiger partial charge in [0.15, 0.2) is 5.84 Å². The van der Waals surface area contributed by atoms with Gasteiger partial charge in [0.05, 0.1) is 0 Å². The summed E-state index contributed by atoms with van der Waals surface area (Å²) >= 11 is 0. The number of amidine groups is 1. The van der Waals surface area contributed by atoms with Crippen molar-refractivity contribution in [2.75, 3.05) is 0 Å². The summed E-state index contributed by atoms with van der Waals surface area (Å²) in [5, 5.41) is 15.2. The van der Waals surface area contributed by atoms with Crippen LogP contribution in [0.3, 0.4) is 0 Å². The number of nitrogens with two attached hydrogens (primary N) is 1. The van der Waals surface area contributed by atoms with Crippen LogP contribution in [0.1, 0.15) is 35.2 Å². The Hall–Kier alpha value is -2.33. The van der Waals surface area contributed by atoms with Crippen molar-refractivity contribution in [3.8, 4) is 0 Å². The third-order valence-electron chi connectivity index (χ3n) is 3.48. The van der Waals surface area contributed by atoms with E-state index in [1.54, 1.807) is 0 Å². The first-order valence-electron chi connectivity index (χ1n) is 6.97. The maximum Gasteiger partial charge on any atom is 0.170 e. The van der Waals surface area contributed by atoms with E-state index in [1.165, 1.54) is 11.1 Å². The first kappa shape index (κ1) is 15.1. The number of aryl methyl sites for hydroxylation is 1. The Morgan fingerprint density at radius 1 is 1.24 bits per heavy atom. The fourth-order valence-electron chi connectivity index (χ4n) is 2.23. The van der Waals surface area contributed by atoms with Crippen molar-refractivity contribution in [1.29, 1.82) is 0 Å². The molecule has 0 saturated heterocycles. The van der Waals surface area contributed by atoms with Gasteiger partial charge in [0.25, 0.3) is 0 Å². The Kier molecular flexibility index (Phi) is 4.95. The van der Waals surface area contributed by atoms with Gasteiger partial charge in [0.1, 0.15) is 0 Å². The molecule has 1 atom stereocenters. The smallest absolute Gasteiger partial charge is 0.170 e. The molecule has 0 spiro atoms. The normalized spacial score (nSPS) is 13.1. The highest BCUT2D eigenvalue weighted by atomic mass is 16.4. The van der Waals surface area contributed by atoms with Gasteiger partial charge in [-0.2, -0.15) is 0 Å². The monoisotopic (exact) mass is 283 g/mol. The molecule has 4 heteroatoms. The highest BCUT2D eigenvalue weighted by molar-refractivity contribution is 5.97. The number of benzene rings is 2. The van der Waals surface area contributed by atoms with Crippen molar-refractivity contribution < 1.29 is 5.21 Å². The van der Waals surface area contributed by atoms with Gasteiger partial charge in [0, 0.05) is 18.2 Å². The molecule has 2 aromatic rings. The van der Waals surface area contributed by atoms with E-state index in [2.05, 4.69) is 48.6 Å². The van der Waals surface area contributed by atoms with Crippen molar-refractivity contribution in [2.24, 2.45) is 10.9 Å². The molecular weight excluding hydrogens is 262 g/mol. The number of oxime groups is 1. The lowest BCUT2D eigenvalue weighted by Gasteiger charge is -2.15. The zero-order chi connectivity index (χ0) is 15.2. The van der Waals surface area contributed by atoms with Crippen molar-refractivity contribution >= 4 is 5.84 Å². The second kappa shape index (κ2) is 6.90. The Bertz CT molecular complexity index is 637. The minimum Gasteiger partial charge on any atom is -0.409 e. The average molecular weight is 283 g/mol. The standard InChI is InChI=1S/C17H21N3O/c1-12-5-3-7-15(9-12)13(2)19-11-14-6-4-8-16(10-14)17(18)20-21/h3-10,13,19,21H,11H2,1-2H3,(H2,18,20)/t13-/m0/s1. The number of nitrogens with one attached hydrogen (secondary N) is 1. The summed E-state index contributed by atoms with van der Waals surface area (Å²) < 4.78 is 0. The van der Waals surface area contributed by atoms with E-state index >= 15 is 0 Å². The second-order valence-corrected chi connectivity index (χ2v) is 5.20. The first-order chi connectivity index (χ1) is 10.1. The van der Waals surface area contributed by atoms with E-state index in [-0.39, 0.29) is 11.9 Å². The minimum atomic E-state index is 0.128. The van der Waals surface area contributed by atoms with Crippen LogP contribution in [0.25, 0.3) is 0 Å². The minimum absolute atomic E-state index is 0.128. The highest BCUT2D eigenvalue weighted by Crippen LogP contribution is 2.15. The van der Waals surface area contributed by atoms with Gasteiger partial charge in [-0.3, -0.25) is 0 Å². The lowest BCUT2D eigenvalue weighted by Crippen LogP contribution is -2.19. The maximum atomic E-state index is 8.72. The summed E-state index contributed by atoms with van der Waals surface area (Å²) in [6.07, 6.45) is 0. The molecule has 2 aromatic carbocycles. The molecule has 0 heterocycles. The van der Waals surface area contributed by atoms with E-state index < -0.39 is 0 Å². The van der Waals surface area contributed by atoms with Gasteiger partial charge in [-0.05, 0) is 31.0 Å². The number of nitrogens with zero attached hydrogens (tertiary/aromatic N) is 1. The van der Waals surface area contributed by atoms with Crippen molar-refractivity contribution in [1.82, 2.24) is 5.32 Å². The molecule has 0 amide bonds. The summed E-state index contributed by atoms with van der Waals surface area (Å²) in [5.41, 5.74) is 9.95. The second-order valence-electron chi connectivity index (χ2n) is 5.20. The first-order valence-corrected chi connectivity index (χ1v) is 6.97. The number of hydrogen-bond donors (Lipinski definition) is 3. The zero-order valence-corrected chi connectivity index (χ0v) is 12.4.